The number of hydrogen-bond donors (Lipinski definition) is 2. The van der Waals surface area contributed by atoms with Crippen molar-refractivity contribution in [2.24, 2.45) is 0 Å². The Labute approximate surface area is 256 Å². The van der Waals surface area contributed by atoms with Gasteiger partial charge in [0.25, 0.3) is 0 Å². The summed E-state index contributed by atoms with van der Waals surface area (Å²) in [6.07, 6.45) is 0. The molecule has 8 bridgehead atoms. The van der Waals surface area contributed by atoms with Crippen LogP contribution in [0.1, 0.15) is 71.2 Å². The summed E-state index contributed by atoms with van der Waals surface area (Å²) in [5.74, 6) is -0.0722. The molecule has 2 N–H and O–H groups in total. The van der Waals surface area contributed by atoms with Crippen molar-refractivity contribution in [3.63, 3.8) is 0 Å². The second-order valence-electron chi connectivity index (χ2n) is 13.1. The van der Waals surface area contributed by atoms with E-state index in [9.17, 15) is 9.59 Å². The average Bonchev–Trinajstić information content (AvgIpc) is 3.68. The molecular formula is C38H34N4O2. The molecule has 2 aromatic carbocycles. The fraction of sp³-hybridized carbons (Fsp3) is 0.211. The van der Waals surface area contributed by atoms with Gasteiger partial charge in [0, 0.05) is 33.2 Å². The molecule has 0 unspecified atom stereocenters. The van der Waals surface area contributed by atoms with E-state index in [2.05, 4.69) is 72.3 Å². The quantitative estimate of drug-likeness (QED) is 0.219. The molecule has 0 aliphatic carbocycles. The number of benzene rings is 2. The zero-order chi connectivity index (χ0) is 31.0. The number of carbonyl (C=O) groups is 2. The minimum Gasteiger partial charge on any atom is -0.355 e. The molecule has 5 heterocycles. The molecule has 0 saturated heterocycles. The summed E-state index contributed by atoms with van der Waals surface area (Å²) in [6, 6.07) is 28.3. The Morgan fingerprint density at radius 1 is 0.523 bits per heavy atom. The van der Waals surface area contributed by atoms with E-state index in [1.165, 1.54) is 11.1 Å². The summed E-state index contributed by atoms with van der Waals surface area (Å²) in [7, 11) is 0. The van der Waals surface area contributed by atoms with E-state index in [-0.39, 0.29) is 11.6 Å². The van der Waals surface area contributed by atoms with Crippen molar-refractivity contribution in [1.29, 1.82) is 0 Å². The van der Waals surface area contributed by atoms with Gasteiger partial charge in [-0.2, -0.15) is 0 Å². The summed E-state index contributed by atoms with van der Waals surface area (Å²) in [6.45, 7) is 11.8. The maximum absolute atomic E-state index is 13.7. The van der Waals surface area contributed by atoms with Crippen LogP contribution in [0.2, 0.25) is 0 Å². The monoisotopic (exact) mass is 578 g/mol. The summed E-state index contributed by atoms with van der Waals surface area (Å²) in [5, 5.41) is 0. The van der Waals surface area contributed by atoms with E-state index >= 15 is 0 Å². The van der Waals surface area contributed by atoms with E-state index in [0.717, 1.165) is 44.3 Å². The Morgan fingerprint density at radius 3 is 1.25 bits per heavy atom. The van der Waals surface area contributed by atoms with Gasteiger partial charge in [-0.25, -0.2) is 9.97 Å². The van der Waals surface area contributed by atoms with Crippen LogP contribution in [0, 0.1) is 13.8 Å². The highest BCUT2D eigenvalue weighted by molar-refractivity contribution is 6.06. The number of aryl methyl sites for hydroxylation is 2. The van der Waals surface area contributed by atoms with Gasteiger partial charge >= 0.3 is 0 Å². The number of aromatic amines is 2. The lowest BCUT2D eigenvalue weighted by molar-refractivity contribution is 0.0913. The largest absolute Gasteiger partial charge is 0.355 e. The molecule has 0 amide bonds. The average molecular weight is 579 g/mol. The molecule has 6 heteroatoms. The molecule has 2 aliphatic heterocycles. The first-order valence-corrected chi connectivity index (χ1v) is 14.9. The zero-order valence-electron chi connectivity index (χ0n) is 25.8. The number of fused-ring (bicyclic) bond motifs is 8. The molecule has 218 valence electrons. The fourth-order valence-corrected chi connectivity index (χ4v) is 6.01. The van der Waals surface area contributed by atoms with E-state index in [1.807, 2.05) is 64.1 Å². The van der Waals surface area contributed by atoms with E-state index in [1.54, 1.807) is 0 Å². The molecule has 44 heavy (non-hydrogen) atoms. The van der Waals surface area contributed by atoms with Crippen molar-refractivity contribution in [3.8, 4) is 22.3 Å². The van der Waals surface area contributed by atoms with Gasteiger partial charge < -0.3 is 9.97 Å². The molecule has 0 saturated carbocycles. The van der Waals surface area contributed by atoms with Gasteiger partial charge in [0.15, 0.2) is 11.6 Å². The normalized spacial score (nSPS) is 15.5. The third kappa shape index (κ3) is 4.49. The van der Waals surface area contributed by atoms with Gasteiger partial charge in [-0.05, 0) is 89.1 Å². The zero-order valence-corrected chi connectivity index (χ0v) is 25.8. The van der Waals surface area contributed by atoms with Gasteiger partial charge in [0.2, 0.25) is 0 Å². The second kappa shape index (κ2) is 9.71. The van der Waals surface area contributed by atoms with Crippen molar-refractivity contribution in [3.05, 3.63) is 119 Å². The first kappa shape index (κ1) is 27.7. The van der Waals surface area contributed by atoms with Crippen LogP contribution in [0.25, 0.3) is 44.3 Å². The highest BCUT2D eigenvalue weighted by Crippen LogP contribution is 2.36. The lowest BCUT2D eigenvalue weighted by atomic mass is 9.85. The van der Waals surface area contributed by atoms with Crippen LogP contribution in [-0.4, -0.2) is 31.5 Å². The Balaban J connectivity index is 1.60. The SMILES string of the molecule is Cc1ccc(-c2cc3cc4nc(cc5[nH]c(cc6nc(cc2[nH]3)C(C)(C)C6=O)cc5-c2ccc(C)cc2)C(C)(C)C4=O)cc1. The minimum atomic E-state index is -0.820. The maximum atomic E-state index is 13.7. The molecule has 6 nitrogen and oxygen atoms in total. The van der Waals surface area contributed by atoms with Gasteiger partial charge in [0.05, 0.1) is 22.2 Å². The fourth-order valence-electron chi connectivity index (χ4n) is 6.01. The Morgan fingerprint density at radius 2 is 0.886 bits per heavy atom. The summed E-state index contributed by atoms with van der Waals surface area (Å²) >= 11 is 0. The highest BCUT2D eigenvalue weighted by Gasteiger charge is 2.39. The Kier molecular flexibility index (Phi) is 6.12. The molecule has 2 aliphatic rings. The number of ketones is 2. The van der Waals surface area contributed by atoms with Crippen LogP contribution >= 0.6 is 0 Å². The van der Waals surface area contributed by atoms with Crippen LogP contribution < -0.4 is 0 Å². The minimum absolute atomic E-state index is 0.0361. The van der Waals surface area contributed by atoms with E-state index in [4.69, 9.17) is 9.97 Å². The molecule has 0 spiro atoms. The molecule has 7 rings (SSSR count). The van der Waals surface area contributed by atoms with Crippen molar-refractivity contribution in [2.75, 3.05) is 0 Å². The topological polar surface area (TPSA) is 91.5 Å². The summed E-state index contributed by atoms with van der Waals surface area (Å²) in [5.41, 5.74) is 9.95. The molecule has 3 aromatic heterocycles. The van der Waals surface area contributed by atoms with Crippen LogP contribution in [-0.2, 0) is 10.8 Å². The molecular weight excluding hydrogens is 544 g/mol. The predicted octanol–water partition coefficient (Wildman–Crippen LogP) is 8.59. The molecule has 5 aromatic rings. The number of hydrogen-bond acceptors (Lipinski definition) is 4. The van der Waals surface area contributed by atoms with Crippen LogP contribution in [0.5, 0.6) is 0 Å². The third-order valence-corrected chi connectivity index (χ3v) is 8.97. The second-order valence-corrected chi connectivity index (χ2v) is 13.1. The van der Waals surface area contributed by atoms with Crippen molar-refractivity contribution in [2.45, 2.75) is 52.4 Å². The van der Waals surface area contributed by atoms with Gasteiger partial charge in [0.1, 0.15) is 11.4 Å². The number of nitrogens with zero attached hydrogens (tertiary/aromatic N) is 2. The van der Waals surface area contributed by atoms with Crippen LogP contribution in [0.3, 0.4) is 0 Å². The number of nitrogens with one attached hydrogen (secondary N) is 2. The highest BCUT2D eigenvalue weighted by atomic mass is 16.1. The number of carbonyl (C=O) groups excluding carboxylic acids is 2. The first-order chi connectivity index (χ1) is 20.9. The van der Waals surface area contributed by atoms with Crippen molar-refractivity contribution in [1.82, 2.24) is 19.9 Å². The van der Waals surface area contributed by atoms with E-state index < -0.39 is 10.8 Å². The lowest BCUT2D eigenvalue weighted by Gasteiger charge is -2.14. The van der Waals surface area contributed by atoms with Crippen LogP contribution in [0.4, 0.5) is 0 Å². The van der Waals surface area contributed by atoms with Crippen molar-refractivity contribution < 1.29 is 9.59 Å². The van der Waals surface area contributed by atoms with Gasteiger partial charge in [-0.15, -0.1) is 0 Å². The number of H-pyrrole nitrogens is 2. The number of rotatable bonds is 2. The lowest BCUT2D eigenvalue weighted by Crippen LogP contribution is -2.23. The summed E-state index contributed by atoms with van der Waals surface area (Å²) < 4.78 is 0. The molecule has 0 fully saturated rings. The Hall–Kier alpha value is -5.10. The number of aromatic nitrogens is 4. The summed E-state index contributed by atoms with van der Waals surface area (Å²) in [4.78, 5) is 44.3. The third-order valence-electron chi connectivity index (χ3n) is 8.97. The Bertz CT molecular complexity index is 2000. The maximum Gasteiger partial charge on any atom is 0.192 e. The predicted molar refractivity (Wildman–Crippen MR) is 176 cm³/mol. The van der Waals surface area contributed by atoms with Gasteiger partial charge in [-0.3, -0.25) is 9.59 Å². The van der Waals surface area contributed by atoms with Crippen molar-refractivity contribution >= 4 is 33.6 Å². The number of Topliss-reactive ketones (excluding diaryl/α,β-unsaturated/α-hetero) is 2. The molecule has 0 atom stereocenters. The first-order valence-electron chi connectivity index (χ1n) is 14.9. The smallest absolute Gasteiger partial charge is 0.192 e. The standard InChI is InChI=1S/C38H34N4O2/c1-21-7-11-23(12-8-21)27-15-25-17-31-35(43)38(5,6)34(42-31)20-30-28(24-13-9-22(2)10-14-24)16-26(40-30)18-32-36(44)37(3,4)33(41-32)19-29(27)39-25/h7-20,39-40H,1-6H3. The van der Waals surface area contributed by atoms with Crippen LogP contribution in [0.15, 0.2) is 84.9 Å². The van der Waals surface area contributed by atoms with E-state index in [0.29, 0.717) is 22.8 Å². The molecule has 0 radical (unpaired) electrons. The van der Waals surface area contributed by atoms with Gasteiger partial charge in [-0.1, -0.05) is 59.7 Å².